The quantitative estimate of drug-likeness (QED) is 0.784. The van der Waals surface area contributed by atoms with Crippen LogP contribution in [-0.2, 0) is 6.42 Å². The number of benzene rings is 2. The highest BCUT2D eigenvalue weighted by Gasteiger charge is 2.19. The Morgan fingerprint density at radius 1 is 0.880 bits per heavy atom. The van der Waals surface area contributed by atoms with Crippen LogP contribution < -0.4 is 24.3 Å². The molecule has 1 atom stereocenters. The number of fused-ring (bicyclic) bond motifs is 2. The van der Waals surface area contributed by atoms with Crippen LogP contribution in [0.4, 0.5) is 0 Å². The highest BCUT2D eigenvalue weighted by Crippen LogP contribution is 2.33. The molecule has 0 spiro atoms. The van der Waals surface area contributed by atoms with Gasteiger partial charge < -0.3 is 24.3 Å². The molecule has 0 radical (unpaired) electrons. The van der Waals surface area contributed by atoms with E-state index in [9.17, 15) is 0 Å². The summed E-state index contributed by atoms with van der Waals surface area (Å²) in [5.41, 5.74) is 1.30. The predicted molar refractivity (Wildman–Crippen MR) is 94.7 cm³/mol. The van der Waals surface area contributed by atoms with E-state index in [0.29, 0.717) is 13.4 Å². The zero-order valence-corrected chi connectivity index (χ0v) is 14.2. The highest BCUT2D eigenvalue weighted by molar-refractivity contribution is 5.44. The number of hydrogen-bond donors (Lipinski definition) is 1. The molecule has 2 aromatic rings. The molecular weight excluding hydrogens is 318 g/mol. The Bertz CT molecular complexity index is 719. The van der Waals surface area contributed by atoms with E-state index in [1.165, 1.54) is 5.56 Å². The van der Waals surface area contributed by atoms with Crippen LogP contribution >= 0.6 is 0 Å². The summed E-state index contributed by atoms with van der Waals surface area (Å²) in [7, 11) is 0. The van der Waals surface area contributed by atoms with Gasteiger partial charge in [-0.1, -0.05) is 18.2 Å². The van der Waals surface area contributed by atoms with Crippen molar-refractivity contribution in [1.82, 2.24) is 5.32 Å². The van der Waals surface area contributed by atoms with Crippen molar-refractivity contribution in [1.29, 1.82) is 0 Å². The van der Waals surface area contributed by atoms with E-state index in [1.807, 2.05) is 30.3 Å². The van der Waals surface area contributed by atoms with E-state index in [-0.39, 0.29) is 6.10 Å². The summed E-state index contributed by atoms with van der Waals surface area (Å²) in [6.45, 7) is 2.71. The smallest absolute Gasteiger partial charge is 0.231 e. The maximum Gasteiger partial charge on any atom is 0.231 e. The topological polar surface area (TPSA) is 49.0 Å². The number of aryl methyl sites for hydroxylation is 1. The van der Waals surface area contributed by atoms with Crippen LogP contribution in [0, 0.1) is 0 Å². The van der Waals surface area contributed by atoms with Crippen molar-refractivity contribution >= 4 is 0 Å². The second-order valence-electron chi connectivity index (χ2n) is 6.35. The monoisotopic (exact) mass is 341 g/mol. The molecule has 132 valence electrons. The molecule has 0 bridgehead atoms. The van der Waals surface area contributed by atoms with Crippen molar-refractivity contribution < 1.29 is 18.9 Å². The van der Waals surface area contributed by atoms with Crippen LogP contribution in [-0.4, -0.2) is 32.6 Å². The average Bonchev–Trinajstić information content (AvgIpc) is 3.12. The molecule has 1 unspecified atom stereocenters. The predicted octanol–water partition coefficient (Wildman–Crippen LogP) is 3.17. The Kier molecular flexibility index (Phi) is 4.93. The fraction of sp³-hybridized carbons (Fsp3) is 0.400. The molecule has 0 aromatic heterocycles. The number of unbranched alkanes of at least 4 members (excludes halogenated alkanes) is 1. The summed E-state index contributed by atoms with van der Waals surface area (Å²) in [6.07, 6.45) is 3.38. The largest absolute Gasteiger partial charge is 0.486 e. The fourth-order valence-electron chi connectivity index (χ4n) is 3.10. The van der Waals surface area contributed by atoms with Gasteiger partial charge in [-0.3, -0.25) is 0 Å². The summed E-state index contributed by atoms with van der Waals surface area (Å²) >= 11 is 0. The van der Waals surface area contributed by atoms with Gasteiger partial charge in [0.2, 0.25) is 6.79 Å². The third-order valence-corrected chi connectivity index (χ3v) is 4.45. The Balaban J connectivity index is 1.13. The highest BCUT2D eigenvalue weighted by atomic mass is 16.7. The molecule has 2 heterocycles. The Labute approximate surface area is 147 Å². The normalized spacial score (nSPS) is 17.5. The molecule has 0 saturated heterocycles. The van der Waals surface area contributed by atoms with Gasteiger partial charge in [0, 0.05) is 6.54 Å². The molecule has 2 aliphatic rings. The van der Waals surface area contributed by atoms with Gasteiger partial charge in [-0.25, -0.2) is 0 Å². The Morgan fingerprint density at radius 3 is 2.68 bits per heavy atom. The Morgan fingerprint density at radius 2 is 1.72 bits per heavy atom. The third-order valence-electron chi connectivity index (χ3n) is 4.45. The maximum absolute atomic E-state index is 5.94. The molecule has 25 heavy (non-hydrogen) atoms. The lowest BCUT2D eigenvalue weighted by Crippen LogP contribution is -2.38. The van der Waals surface area contributed by atoms with Gasteiger partial charge >= 0.3 is 0 Å². The first-order valence-electron chi connectivity index (χ1n) is 8.86. The van der Waals surface area contributed by atoms with Crippen LogP contribution in [0.3, 0.4) is 0 Å². The van der Waals surface area contributed by atoms with Gasteiger partial charge in [-0.15, -0.1) is 0 Å². The van der Waals surface area contributed by atoms with Crippen molar-refractivity contribution in [3.63, 3.8) is 0 Å². The SMILES string of the molecule is c1ccc2c(c1)OCC(CNCCCCc1ccc3c(c1)OCO3)O2. The lowest BCUT2D eigenvalue weighted by molar-refractivity contribution is 0.0905. The van der Waals surface area contributed by atoms with Crippen LogP contribution in [0.1, 0.15) is 18.4 Å². The summed E-state index contributed by atoms with van der Waals surface area (Å²) in [5, 5.41) is 3.46. The first-order chi connectivity index (χ1) is 12.4. The lowest BCUT2D eigenvalue weighted by Gasteiger charge is -2.26. The molecular formula is C20H23NO4. The standard InChI is InChI=1S/C20H23NO4/c1-2-7-19-17(6-1)22-13-16(25-19)12-21-10-4-3-5-15-8-9-18-20(11-15)24-14-23-18/h1-2,6-9,11,16,21H,3-5,10,12-14H2. The van der Waals surface area contributed by atoms with Crippen molar-refractivity contribution in [3.05, 3.63) is 48.0 Å². The fourth-order valence-corrected chi connectivity index (χ4v) is 3.10. The van der Waals surface area contributed by atoms with Crippen LogP contribution in [0.25, 0.3) is 0 Å². The van der Waals surface area contributed by atoms with Gasteiger partial charge in [-0.05, 0) is 55.6 Å². The van der Waals surface area contributed by atoms with Gasteiger partial charge in [0.1, 0.15) is 12.7 Å². The molecule has 1 N–H and O–H groups in total. The first kappa shape index (κ1) is 16.1. The van der Waals surface area contributed by atoms with Gasteiger partial charge in [0.25, 0.3) is 0 Å². The summed E-state index contributed by atoms with van der Waals surface area (Å²) < 4.78 is 22.4. The van der Waals surface area contributed by atoms with E-state index in [0.717, 1.165) is 55.4 Å². The molecule has 0 fully saturated rings. The molecule has 5 heteroatoms. The second-order valence-corrected chi connectivity index (χ2v) is 6.35. The molecule has 0 saturated carbocycles. The number of para-hydroxylation sites is 2. The Hall–Kier alpha value is -2.40. The van der Waals surface area contributed by atoms with E-state index >= 15 is 0 Å². The van der Waals surface area contributed by atoms with Crippen molar-refractivity contribution in [2.24, 2.45) is 0 Å². The third kappa shape index (κ3) is 3.99. The van der Waals surface area contributed by atoms with E-state index in [1.54, 1.807) is 0 Å². The zero-order valence-electron chi connectivity index (χ0n) is 14.2. The van der Waals surface area contributed by atoms with Gasteiger partial charge in [-0.2, -0.15) is 0 Å². The van der Waals surface area contributed by atoms with Crippen molar-refractivity contribution in [3.8, 4) is 23.0 Å². The van der Waals surface area contributed by atoms with Crippen molar-refractivity contribution in [2.75, 3.05) is 26.5 Å². The molecule has 0 amide bonds. The summed E-state index contributed by atoms with van der Waals surface area (Å²) in [4.78, 5) is 0. The van der Waals surface area contributed by atoms with Crippen LogP contribution in [0.2, 0.25) is 0 Å². The summed E-state index contributed by atoms with van der Waals surface area (Å²) in [6, 6.07) is 14.0. The van der Waals surface area contributed by atoms with E-state index < -0.39 is 0 Å². The zero-order chi connectivity index (χ0) is 16.9. The average molecular weight is 341 g/mol. The second kappa shape index (κ2) is 7.66. The van der Waals surface area contributed by atoms with Gasteiger partial charge in [0.05, 0.1) is 0 Å². The van der Waals surface area contributed by atoms with E-state index in [4.69, 9.17) is 18.9 Å². The minimum absolute atomic E-state index is 0.0729. The van der Waals surface area contributed by atoms with Gasteiger partial charge in [0.15, 0.2) is 23.0 Å². The number of nitrogens with one attached hydrogen (secondary N) is 1. The summed E-state index contributed by atoms with van der Waals surface area (Å²) in [5.74, 6) is 3.39. The number of ether oxygens (including phenoxy) is 4. The molecule has 2 aliphatic heterocycles. The molecule has 2 aromatic carbocycles. The molecule has 0 aliphatic carbocycles. The minimum Gasteiger partial charge on any atom is -0.486 e. The lowest BCUT2D eigenvalue weighted by atomic mass is 10.1. The van der Waals surface area contributed by atoms with Crippen molar-refractivity contribution in [2.45, 2.75) is 25.4 Å². The van der Waals surface area contributed by atoms with Crippen LogP contribution in [0.15, 0.2) is 42.5 Å². The first-order valence-corrected chi connectivity index (χ1v) is 8.86. The maximum atomic E-state index is 5.94. The molecule has 5 nitrogen and oxygen atoms in total. The number of rotatable bonds is 7. The van der Waals surface area contributed by atoms with Crippen LogP contribution in [0.5, 0.6) is 23.0 Å². The minimum atomic E-state index is 0.0729. The number of hydrogen-bond acceptors (Lipinski definition) is 5. The van der Waals surface area contributed by atoms with E-state index in [2.05, 4.69) is 17.4 Å². The molecule has 4 rings (SSSR count).